The smallest absolute Gasteiger partial charge is 0.305 e. The molecule has 0 saturated carbocycles. The lowest BCUT2D eigenvalue weighted by molar-refractivity contribution is -0.143. The van der Waals surface area contributed by atoms with Crippen molar-refractivity contribution in [3.05, 3.63) is 46.5 Å². The zero-order valence-electron chi connectivity index (χ0n) is 19.5. The highest BCUT2D eigenvalue weighted by molar-refractivity contribution is 7.16. The van der Waals surface area contributed by atoms with Crippen molar-refractivity contribution in [2.45, 2.75) is 45.4 Å². The summed E-state index contributed by atoms with van der Waals surface area (Å²) in [7, 11) is 1.89. The van der Waals surface area contributed by atoms with Gasteiger partial charge >= 0.3 is 5.97 Å². The van der Waals surface area contributed by atoms with Crippen molar-refractivity contribution in [1.29, 1.82) is 0 Å². The van der Waals surface area contributed by atoms with E-state index in [9.17, 15) is 9.59 Å². The van der Waals surface area contributed by atoms with Crippen LogP contribution in [0.1, 0.15) is 53.4 Å². The molecule has 0 spiro atoms. The van der Waals surface area contributed by atoms with Crippen LogP contribution in [0.3, 0.4) is 0 Å². The number of rotatable bonds is 11. The monoisotopic (exact) mass is 483 g/mol. The van der Waals surface area contributed by atoms with Gasteiger partial charge in [0.05, 0.1) is 35.5 Å². The maximum Gasteiger partial charge on any atom is 0.305 e. The minimum Gasteiger partial charge on any atom is -0.494 e. The molecule has 0 radical (unpaired) electrons. The number of fused-ring (bicyclic) bond motifs is 3. The molecule has 1 aliphatic carbocycles. The lowest BCUT2D eigenvalue weighted by atomic mass is 9.91. The van der Waals surface area contributed by atoms with Crippen LogP contribution in [-0.2, 0) is 29.4 Å². The van der Waals surface area contributed by atoms with Gasteiger partial charge in [-0.3, -0.25) is 14.3 Å². The van der Waals surface area contributed by atoms with Gasteiger partial charge in [-0.2, -0.15) is 5.10 Å². The molecule has 3 aromatic rings. The average Bonchev–Trinajstić information content (AvgIpc) is 3.38. The molecule has 34 heavy (non-hydrogen) atoms. The number of benzene rings is 1. The summed E-state index contributed by atoms with van der Waals surface area (Å²) in [6, 6.07) is 7.41. The molecular formula is C25H29N3O5S. The van der Waals surface area contributed by atoms with Gasteiger partial charge < -0.3 is 19.9 Å². The number of nitrogens with zero attached hydrogens (tertiary/aromatic N) is 2. The molecule has 0 fully saturated rings. The Kier molecular flexibility index (Phi) is 7.52. The van der Waals surface area contributed by atoms with Gasteiger partial charge in [-0.25, -0.2) is 0 Å². The molecule has 2 aromatic heterocycles. The molecule has 9 heteroatoms. The summed E-state index contributed by atoms with van der Waals surface area (Å²) in [6.45, 7) is 2.81. The Morgan fingerprint density at radius 3 is 2.62 bits per heavy atom. The van der Waals surface area contributed by atoms with E-state index in [4.69, 9.17) is 19.9 Å². The van der Waals surface area contributed by atoms with E-state index < -0.39 is 5.91 Å². The van der Waals surface area contributed by atoms with Crippen LogP contribution in [-0.4, -0.2) is 34.9 Å². The number of carbonyl (C=O) groups excluding carboxylic acids is 2. The molecule has 0 atom stereocenters. The lowest BCUT2D eigenvalue weighted by Gasteiger charge is -2.16. The van der Waals surface area contributed by atoms with Gasteiger partial charge in [-0.1, -0.05) is 11.3 Å². The number of unbranched alkanes of at least 4 members (excludes halogenated alkanes) is 2. The van der Waals surface area contributed by atoms with E-state index in [0.717, 1.165) is 60.2 Å². The number of esters is 1. The molecule has 0 bridgehead atoms. The van der Waals surface area contributed by atoms with Crippen LogP contribution in [0, 0.1) is 0 Å². The van der Waals surface area contributed by atoms with E-state index in [0.29, 0.717) is 35.3 Å². The van der Waals surface area contributed by atoms with E-state index >= 15 is 0 Å². The normalized spacial score (nSPS) is 12.1. The molecule has 1 amide bonds. The van der Waals surface area contributed by atoms with Crippen LogP contribution in [0.25, 0.3) is 11.3 Å². The Balaban J connectivity index is 1.38. The van der Waals surface area contributed by atoms with Crippen molar-refractivity contribution in [2.75, 3.05) is 13.2 Å². The number of amides is 1. The number of hydrogen-bond acceptors (Lipinski definition) is 7. The van der Waals surface area contributed by atoms with Crippen molar-refractivity contribution in [3.8, 4) is 27.8 Å². The largest absolute Gasteiger partial charge is 0.494 e. The minimum atomic E-state index is -0.437. The van der Waals surface area contributed by atoms with Crippen molar-refractivity contribution >= 4 is 23.2 Å². The number of nitrogens with two attached hydrogens (primary N) is 1. The third kappa shape index (κ3) is 5.25. The van der Waals surface area contributed by atoms with E-state index in [1.165, 1.54) is 11.3 Å². The zero-order chi connectivity index (χ0) is 24.1. The number of hydrogen-bond donors (Lipinski definition) is 1. The molecule has 1 aliphatic rings. The quantitative estimate of drug-likeness (QED) is 0.315. The Labute approximate surface area is 202 Å². The predicted octanol–water partition coefficient (Wildman–Crippen LogP) is 4.64. The minimum absolute atomic E-state index is 0.145. The van der Waals surface area contributed by atoms with E-state index in [1.807, 2.05) is 49.1 Å². The highest BCUT2D eigenvalue weighted by atomic mass is 32.1. The molecule has 0 saturated heterocycles. The topological polar surface area (TPSA) is 106 Å². The van der Waals surface area contributed by atoms with Crippen LogP contribution in [0.5, 0.6) is 16.6 Å². The Hall–Kier alpha value is -3.33. The maximum absolute atomic E-state index is 12.1. The van der Waals surface area contributed by atoms with Gasteiger partial charge in [0.1, 0.15) is 11.5 Å². The second-order valence-electron chi connectivity index (χ2n) is 8.12. The Morgan fingerprint density at radius 2 is 1.88 bits per heavy atom. The average molecular weight is 484 g/mol. The highest BCUT2D eigenvalue weighted by Crippen LogP contribution is 2.48. The number of thiophene rings is 1. The Bertz CT molecular complexity index is 1170. The lowest BCUT2D eigenvalue weighted by Crippen LogP contribution is -2.13. The first-order valence-electron chi connectivity index (χ1n) is 11.5. The first-order chi connectivity index (χ1) is 16.5. The molecule has 4 rings (SSSR count). The second-order valence-corrected chi connectivity index (χ2v) is 9.10. The molecule has 2 heterocycles. The van der Waals surface area contributed by atoms with Crippen LogP contribution in [0.2, 0.25) is 0 Å². The van der Waals surface area contributed by atoms with Crippen molar-refractivity contribution in [1.82, 2.24) is 9.78 Å². The van der Waals surface area contributed by atoms with Gasteiger partial charge in [0, 0.05) is 13.5 Å². The van der Waals surface area contributed by atoms with Crippen molar-refractivity contribution < 1.29 is 23.8 Å². The van der Waals surface area contributed by atoms with Gasteiger partial charge in [0.15, 0.2) is 5.06 Å². The maximum atomic E-state index is 12.1. The molecule has 8 nitrogen and oxygen atoms in total. The van der Waals surface area contributed by atoms with E-state index in [-0.39, 0.29) is 5.97 Å². The molecule has 0 aliphatic heterocycles. The first-order valence-corrected chi connectivity index (χ1v) is 12.3. The summed E-state index contributed by atoms with van der Waals surface area (Å²) < 4.78 is 18.8. The van der Waals surface area contributed by atoms with Crippen LogP contribution < -0.4 is 15.2 Å². The Morgan fingerprint density at radius 1 is 1.12 bits per heavy atom. The van der Waals surface area contributed by atoms with Crippen molar-refractivity contribution in [2.24, 2.45) is 12.8 Å². The SMILES string of the molecule is CCOC(=O)CCCCCOc1ccc(Oc2sc(C(N)=O)c3c2-c2c(cnn2C)CC3)cc1. The number of aromatic nitrogens is 2. The van der Waals surface area contributed by atoms with Gasteiger partial charge in [-0.05, 0) is 74.4 Å². The summed E-state index contributed by atoms with van der Waals surface area (Å²) in [5, 5.41) is 5.03. The number of primary amides is 1. The third-order valence-corrected chi connectivity index (χ3v) is 6.85. The summed E-state index contributed by atoms with van der Waals surface area (Å²) in [5.41, 5.74) is 9.61. The number of carbonyl (C=O) groups is 2. The number of aryl methyl sites for hydroxylation is 2. The molecule has 2 N–H and O–H groups in total. The summed E-state index contributed by atoms with van der Waals surface area (Å²) >= 11 is 1.28. The first kappa shape index (κ1) is 23.8. The second kappa shape index (κ2) is 10.7. The summed E-state index contributed by atoms with van der Waals surface area (Å²) in [6.07, 6.45) is 6.44. The molecular weight excluding hydrogens is 454 g/mol. The van der Waals surface area contributed by atoms with Gasteiger partial charge in [0.25, 0.3) is 5.91 Å². The molecule has 1 aromatic carbocycles. The zero-order valence-corrected chi connectivity index (χ0v) is 20.3. The van der Waals surface area contributed by atoms with Crippen LogP contribution in [0.4, 0.5) is 0 Å². The fraction of sp³-hybridized carbons (Fsp3) is 0.400. The third-order valence-electron chi connectivity index (χ3n) is 5.73. The van der Waals surface area contributed by atoms with Gasteiger partial charge in [0.2, 0.25) is 0 Å². The van der Waals surface area contributed by atoms with E-state index in [1.54, 1.807) is 0 Å². The molecule has 180 valence electrons. The van der Waals surface area contributed by atoms with Crippen LogP contribution >= 0.6 is 11.3 Å². The highest BCUT2D eigenvalue weighted by Gasteiger charge is 2.30. The number of ether oxygens (including phenoxy) is 3. The van der Waals surface area contributed by atoms with E-state index in [2.05, 4.69) is 5.10 Å². The van der Waals surface area contributed by atoms with Gasteiger partial charge in [-0.15, -0.1) is 0 Å². The molecule has 0 unspecified atom stereocenters. The van der Waals surface area contributed by atoms with Crippen molar-refractivity contribution in [3.63, 3.8) is 0 Å². The summed E-state index contributed by atoms with van der Waals surface area (Å²) in [4.78, 5) is 23.9. The summed E-state index contributed by atoms with van der Waals surface area (Å²) in [5.74, 6) is 0.815. The van der Waals surface area contributed by atoms with Crippen LogP contribution in [0.15, 0.2) is 30.5 Å². The predicted molar refractivity (Wildman–Crippen MR) is 130 cm³/mol. The standard InChI is InChI=1S/C25H29N3O5S/c1-3-31-20(29)7-5-4-6-14-32-17-9-11-18(12-10-17)33-25-21-19(23(34-25)24(26)30)13-8-16-15-27-28(2)22(16)21/h9-12,15H,3-8,13-14H2,1-2H3,(H2,26,30). The fourth-order valence-corrected chi connectivity index (χ4v) is 5.19. The fourth-order valence-electron chi connectivity index (χ4n) is 4.12.